The second-order valence-corrected chi connectivity index (χ2v) is 6.23. The Morgan fingerprint density at radius 2 is 2.16 bits per heavy atom. The minimum Gasteiger partial charge on any atom is -0.464 e. The van der Waals surface area contributed by atoms with Gasteiger partial charge in [0.05, 0.1) is 23.1 Å². The predicted octanol–water partition coefficient (Wildman–Crippen LogP) is 2.65. The number of hydrogen-bond donors (Lipinski definition) is 0. The summed E-state index contributed by atoms with van der Waals surface area (Å²) in [5.41, 5.74) is 0.204. The molecule has 2 aromatic rings. The standard InChI is InChI=1S/C17H18N2O6/c1-11-4-2-3-5-12(11)10-24-16(20)9-18-14-7-6-13(19(22)23)8-15(14)25-17(18)21/h2-3,6-8,11-12H,4-5,9-10H2,1H3. The van der Waals surface area contributed by atoms with Crippen LogP contribution in [0.25, 0.3) is 11.1 Å². The van der Waals surface area contributed by atoms with Gasteiger partial charge in [0.2, 0.25) is 0 Å². The van der Waals surface area contributed by atoms with Gasteiger partial charge < -0.3 is 9.15 Å². The summed E-state index contributed by atoms with van der Waals surface area (Å²) in [4.78, 5) is 34.2. The van der Waals surface area contributed by atoms with E-state index in [-0.39, 0.29) is 23.7 Å². The van der Waals surface area contributed by atoms with Crippen molar-refractivity contribution < 1.29 is 18.9 Å². The third kappa shape index (κ3) is 3.62. The predicted molar refractivity (Wildman–Crippen MR) is 89.1 cm³/mol. The number of aromatic nitrogens is 1. The number of nitrogens with zero attached hydrogens (tertiary/aromatic N) is 2. The molecule has 0 aliphatic heterocycles. The fourth-order valence-corrected chi connectivity index (χ4v) is 2.93. The Labute approximate surface area is 142 Å². The van der Waals surface area contributed by atoms with Crippen molar-refractivity contribution in [2.24, 2.45) is 11.8 Å². The van der Waals surface area contributed by atoms with Gasteiger partial charge in [0.25, 0.3) is 5.69 Å². The molecular formula is C17H18N2O6. The van der Waals surface area contributed by atoms with Crippen molar-refractivity contribution in [3.8, 4) is 0 Å². The Kier molecular flexibility index (Phi) is 4.69. The molecule has 2 unspecified atom stereocenters. The number of nitro groups is 1. The van der Waals surface area contributed by atoms with Crippen LogP contribution in [0.3, 0.4) is 0 Å². The molecule has 0 N–H and O–H groups in total. The van der Waals surface area contributed by atoms with E-state index in [4.69, 9.17) is 9.15 Å². The lowest BCUT2D eigenvalue weighted by atomic mass is 9.85. The molecule has 0 fully saturated rings. The van der Waals surface area contributed by atoms with Gasteiger partial charge in [-0.1, -0.05) is 19.1 Å². The molecule has 1 aliphatic rings. The van der Waals surface area contributed by atoms with Gasteiger partial charge in [-0.3, -0.25) is 19.5 Å². The first kappa shape index (κ1) is 16.9. The van der Waals surface area contributed by atoms with Crippen LogP contribution in [0.5, 0.6) is 0 Å². The first-order chi connectivity index (χ1) is 12.0. The van der Waals surface area contributed by atoms with Gasteiger partial charge in [0, 0.05) is 6.07 Å². The zero-order valence-corrected chi connectivity index (χ0v) is 13.7. The molecule has 8 heteroatoms. The number of fused-ring (bicyclic) bond motifs is 1. The van der Waals surface area contributed by atoms with Crippen molar-refractivity contribution in [1.82, 2.24) is 4.57 Å². The Morgan fingerprint density at radius 1 is 1.40 bits per heavy atom. The van der Waals surface area contributed by atoms with Gasteiger partial charge in [-0.25, -0.2) is 4.79 Å². The highest BCUT2D eigenvalue weighted by Crippen LogP contribution is 2.25. The first-order valence-corrected chi connectivity index (χ1v) is 8.04. The van der Waals surface area contributed by atoms with E-state index in [1.165, 1.54) is 12.1 Å². The maximum absolute atomic E-state index is 12.1. The summed E-state index contributed by atoms with van der Waals surface area (Å²) in [5, 5.41) is 10.8. The number of esters is 1. The van der Waals surface area contributed by atoms with Crippen LogP contribution >= 0.6 is 0 Å². The molecule has 0 saturated heterocycles. The summed E-state index contributed by atoms with van der Waals surface area (Å²) in [5.74, 6) is -0.573. The van der Waals surface area contributed by atoms with E-state index in [1.54, 1.807) is 0 Å². The van der Waals surface area contributed by atoms with Crippen LogP contribution in [0, 0.1) is 22.0 Å². The third-order valence-corrected chi connectivity index (χ3v) is 4.53. The average molecular weight is 346 g/mol. The quantitative estimate of drug-likeness (QED) is 0.357. The third-order valence-electron chi connectivity index (χ3n) is 4.53. The number of allylic oxidation sites excluding steroid dienone is 2. The Hall–Kier alpha value is -2.90. The number of ether oxygens (including phenoxy) is 1. The highest BCUT2D eigenvalue weighted by atomic mass is 16.6. The number of oxazole rings is 1. The molecule has 3 rings (SSSR count). The number of rotatable bonds is 5. The zero-order valence-electron chi connectivity index (χ0n) is 13.7. The fraction of sp³-hybridized carbons (Fsp3) is 0.412. The Morgan fingerprint density at radius 3 is 2.88 bits per heavy atom. The molecule has 1 heterocycles. The number of non-ortho nitro benzene ring substituents is 1. The van der Waals surface area contributed by atoms with Crippen molar-refractivity contribution in [2.45, 2.75) is 26.3 Å². The summed E-state index contributed by atoms with van der Waals surface area (Å²) < 4.78 is 11.4. The summed E-state index contributed by atoms with van der Waals surface area (Å²) >= 11 is 0. The Balaban J connectivity index is 1.70. The minimum absolute atomic E-state index is 0.0676. The SMILES string of the molecule is CC1CC=CCC1COC(=O)Cn1c(=O)oc2cc([N+](=O)[O-])ccc21. The Bertz CT molecular complexity index is 894. The second-order valence-electron chi connectivity index (χ2n) is 6.23. The maximum atomic E-state index is 12.1. The largest absolute Gasteiger partial charge is 0.464 e. The van der Waals surface area contributed by atoms with E-state index in [0.29, 0.717) is 18.0 Å². The molecular weight excluding hydrogens is 328 g/mol. The van der Waals surface area contributed by atoms with E-state index in [2.05, 4.69) is 19.1 Å². The molecule has 0 bridgehead atoms. The van der Waals surface area contributed by atoms with Gasteiger partial charge in [-0.2, -0.15) is 0 Å². The lowest BCUT2D eigenvalue weighted by Gasteiger charge is -2.24. The normalized spacial score (nSPS) is 19.9. The molecule has 1 aliphatic carbocycles. The molecule has 0 radical (unpaired) electrons. The highest BCUT2D eigenvalue weighted by molar-refractivity contribution is 5.78. The maximum Gasteiger partial charge on any atom is 0.420 e. The monoisotopic (exact) mass is 346 g/mol. The summed E-state index contributed by atoms with van der Waals surface area (Å²) in [6, 6.07) is 3.81. The molecule has 2 atom stereocenters. The van der Waals surface area contributed by atoms with Crippen LogP contribution in [-0.2, 0) is 16.1 Å². The number of carbonyl (C=O) groups excluding carboxylic acids is 1. The van der Waals surface area contributed by atoms with E-state index >= 15 is 0 Å². The van der Waals surface area contributed by atoms with Gasteiger partial charge in [-0.05, 0) is 30.7 Å². The lowest BCUT2D eigenvalue weighted by Crippen LogP contribution is -2.26. The summed E-state index contributed by atoms with van der Waals surface area (Å²) in [7, 11) is 0. The fourth-order valence-electron chi connectivity index (χ4n) is 2.93. The number of carbonyl (C=O) groups is 1. The first-order valence-electron chi connectivity index (χ1n) is 8.04. The number of benzene rings is 1. The van der Waals surface area contributed by atoms with Gasteiger partial charge in [-0.15, -0.1) is 0 Å². The topological polar surface area (TPSA) is 105 Å². The minimum atomic E-state index is -0.749. The van der Waals surface area contributed by atoms with Gasteiger partial charge in [0.1, 0.15) is 6.54 Å². The highest BCUT2D eigenvalue weighted by Gasteiger charge is 2.21. The van der Waals surface area contributed by atoms with Crippen LogP contribution in [0.2, 0.25) is 0 Å². The van der Waals surface area contributed by atoms with Crippen molar-refractivity contribution in [2.75, 3.05) is 6.61 Å². The van der Waals surface area contributed by atoms with Crippen LogP contribution < -0.4 is 5.76 Å². The van der Waals surface area contributed by atoms with E-state index in [1.807, 2.05) is 0 Å². The molecule has 25 heavy (non-hydrogen) atoms. The molecule has 1 aromatic heterocycles. The van der Waals surface area contributed by atoms with Crippen molar-refractivity contribution in [3.05, 3.63) is 51.0 Å². The number of nitro benzene ring substituents is 1. The van der Waals surface area contributed by atoms with Crippen molar-refractivity contribution >= 4 is 22.8 Å². The van der Waals surface area contributed by atoms with Crippen molar-refractivity contribution in [3.63, 3.8) is 0 Å². The smallest absolute Gasteiger partial charge is 0.420 e. The summed E-state index contributed by atoms with van der Waals surface area (Å²) in [6.45, 7) is 2.13. The number of hydrogen-bond acceptors (Lipinski definition) is 6. The van der Waals surface area contributed by atoms with E-state index in [9.17, 15) is 19.7 Å². The molecule has 132 valence electrons. The average Bonchev–Trinajstić information content (AvgIpc) is 2.89. The molecule has 0 saturated carbocycles. The molecule has 8 nitrogen and oxygen atoms in total. The summed E-state index contributed by atoms with van der Waals surface area (Å²) in [6.07, 6.45) is 6.04. The van der Waals surface area contributed by atoms with Crippen LogP contribution in [-0.4, -0.2) is 22.1 Å². The molecule has 1 aromatic carbocycles. The van der Waals surface area contributed by atoms with Crippen LogP contribution in [0.4, 0.5) is 5.69 Å². The van der Waals surface area contributed by atoms with E-state index < -0.39 is 16.6 Å². The van der Waals surface area contributed by atoms with E-state index in [0.717, 1.165) is 23.5 Å². The van der Waals surface area contributed by atoms with Crippen LogP contribution in [0.15, 0.2) is 39.6 Å². The zero-order chi connectivity index (χ0) is 18.0. The second kappa shape index (κ2) is 6.92. The van der Waals surface area contributed by atoms with Gasteiger partial charge >= 0.3 is 11.7 Å². The van der Waals surface area contributed by atoms with Crippen molar-refractivity contribution in [1.29, 1.82) is 0 Å². The van der Waals surface area contributed by atoms with Crippen LogP contribution in [0.1, 0.15) is 19.8 Å². The van der Waals surface area contributed by atoms with Gasteiger partial charge in [0.15, 0.2) is 5.58 Å². The lowest BCUT2D eigenvalue weighted by molar-refractivity contribution is -0.384. The molecule has 0 amide bonds. The molecule has 0 spiro atoms.